The van der Waals surface area contributed by atoms with E-state index in [1.54, 1.807) is 6.33 Å². The Labute approximate surface area is 161 Å². The number of carbonyl (C=O) groups is 1. The number of thioether (sulfide) groups is 1. The van der Waals surface area contributed by atoms with E-state index >= 15 is 0 Å². The Hall–Kier alpha value is -3.12. The van der Waals surface area contributed by atoms with Crippen molar-refractivity contribution in [3.63, 3.8) is 0 Å². The summed E-state index contributed by atoms with van der Waals surface area (Å²) in [6.07, 6.45) is 1.66. The van der Waals surface area contributed by atoms with Gasteiger partial charge in [0.1, 0.15) is 6.33 Å². The molecule has 1 amide bonds. The van der Waals surface area contributed by atoms with Crippen LogP contribution in [0.3, 0.4) is 0 Å². The Bertz CT molecular complexity index is 1080. The fourth-order valence-electron chi connectivity index (χ4n) is 2.86. The third-order valence-corrected chi connectivity index (χ3v) is 5.17. The van der Waals surface area contributed by atoms with Gasteiger partial charge in [-0.25, -0.2) is 0 Å². The van der Waals surface area contributed by atoms with Crippen LogP contribution in [0.5, 0.6) is 0 Å². The number of anilines is 1. The van der Waals surface area contributed by atoms with E-state index in [0.29, 0.717) is 5.16 Å². The second kappa shape index (κ2) is 7.63. The third kappa shape index (κ3) is 3.85. The van der Waals surface area contributed by atoms with E-state index in [9.17, 15) is 4.79 Å². The van der Waals surface area contributed by atoms with Gasteiger partial charge >= 0.3 is 0 Å². The zero-order valence-electron chi connectivity index (χ0n) is 14.8. The maximum atomic E-state index is 12.5. The first-order chi connectivity index (χ1) is 13.2. The summed E-state index contributed by atoms with van der Waals surface area (Å²) >= 11 is 1.36. The van der Waals surface area contributed by atoms with E-state index in [2.05, 4.69) is 15.5 Å². The van der Waals surface area contributed by atoms with Gasteiger partial charge in [-0.1, -0.05) is 65.9 Å². The fourth-order valence-corrected chi connectivity index (χ4v) is 3.58. The Kier molecular flexibility index (Phi) is 4.89. The summed E-state index contributed by atoms with van der Waals surface area (Å²) in [5, 5.41) is 13.9. The number of fused-ring (bicyclic) bond motifs is 1. The fraction of sp³-hybridized carbons (Fsp3) is 0.0952. The molecular weight excluding hydrogens is 356 g/mol. The summed E-state index contributed by atoms with van der Waals surface area (Å²) in [6.45, 7) is 2.04. The smallest absolute Gasteiger partial charge is 0.234 e. The number of aromatic nitrogens is 3. The molecule has 0 saturated heterocycles. The summed E-state index contributed by atoms with van der Waals surface area (Å²) in [5.41, 5.74) is 2.98. The van der Waals surface area contributed by atoms with Crippen LogP contribution in [0, 0.1) is 6.92 Å². The molecule has 3 aromatic carbocycles. The standard InChI is InChI=1S/C21H18N4OS/c1-15-9-11-17(12-10-15)25-14-22-24-21(25)27-13-20(26)23-19-8-4-6-16-5-2-3-7-18(16)19/h2-12,14H,13H2,1H3,(H,23,26). The van der Waals surface area contributed by atoms with Gasteiger partial charge < -0.3 is 5.32 Å². The lowest BCUT2D eigenvalue weighted by Crippen LogP contribution is -2.14. The lowest BCUT2D eigenvalue weighted by molar-refractivity contribution is -0.113. The first-order valence-corrected chi connectivity index (χ1v) is 9.57. The number of nitrogens with zero attached hydrogens (tertiary/aromatic N) is 3. The number of hydrogen-bond acceptors (Lipinski definition) is 4. The van der Waals surface area contributed by atoms with Crippen molar-refractivity contribution in [1.82, 2.24) is 14.8 Å². The quantitative estimate of drug-likeness (QED) is 0.524. The van der Waals surface area contributed by atoms with Gasteiger partial charge in [0, 0.05) is 16.8 Å². The first kappa shape index (κ1) is 17.3. The van der Waals surface area contributed by atoms with Gasteiger partial charge in [-0.2, -0.15) is 0 Å². The average molecular weight is 374 g/mol. The van der Waals surface area contributed by atoms with E-state index < -0.39 is 0 Å². The van der Waals surface area contributed by atoms with Crippen molar-refractivity contribution in [3.8, 4) is 5.69 Å². The summed E-state index contributed by atoms with van der Waals surface area (Å²) in [4.78, 5) is 12.5. The molecule has 0 spiro atoms. The molecule has 0 aliphatic heterocycles. The molecule has 134 valence electrons. The van der Waals surface area contributed by atoms with Crippen molar-refractivity contribution >= 4 is 34.1 Å². The van der Waals surface area contributed by atoms with Crippen LogP contribution in [0.2, 0.25) is 0 Å². The first-order valence-electron chi connectivity index (χ1n) is 8.58. The highest BCUT2D eigenvalue weighted by Crippen LogP contribution is 2.24. The number of carbonyl (C=O) groups excluding carboxylic acids is 1. The molecule has 0 saturated carbocycles. The van der Waals surface area contributed by atoms with Gasteiger partial charge in [0.05, 0.1) is 5.75 Å². The van der Waals surface area contributed by atoms with Crippen LogP contribution in [0.15, 0.2) is 78.2 Å². The van der Waals surface area contributed by atoms with Crippen molar-refractivity contribution in [2.24, 2.45) is 0 Å². The summed E-state index contributed by atoms with van der Waals surface area (Å²) < 4.78 is 1.88. The van der Waals surface area contributed by atoms with Crippen LogP contribution >= 0.6 is 11.8 Å². The van der Waals surface area contributed by atoms with E-state index in [4.69, 9.17) is 0 Å². The maximum absolute atomic E-state index is 12.5. The van der Waals surface area contributed by atoms with E-state index in [1.165, 1.54) is 17.3 Å². The molecule has 1 heterocycles. The van der Waals surface area contributed by atoms with Gasteiger partial charge in [-0.15, -0.1) is 10.2 Å². The monoisotopic (exact) mass is 374 g/mol. The van der Waals surface area contributed by atoms with Crippen molar-refractivity contribution < 1.29 is 4.79 Å². The van der Waals surface area contributed by atoms with Gasteiger partial charge in [0.25, 0.3) is 0 Å². The number of hydrogen-bond donors (Lipinski definition) is 1. The predicted octanol–water partition coefficient (Wildman–Crippen LogP) is 4.46. The van der Waals surface area contributed by atoms with Crippen LogP contribution in [-0.2, 0) is 4.79 Å². The molecule has 0 aliphatic rings. The SMILES string of the molecule is Cc1ccc(-n2cnnc2SCC(=O)Nc2cccc3ccccc23)cc1. The lowest BCUT2D eigenvalue weighted by atomic mass is 10.1. The van der Waals surface area contributed by atoms with Crippen molar-refractivity contribution in [3.05, 3.63) is 78.6 Å². The van der Waals surface area contributed by atoms with E-state index in [0.717, 1.165) is 22.1 Å². The molecule has 0 radical (unpaired) electrons. The number of benzene rings is 3. The Morgan fingerprint density at radius 1 is 1.04 bits per heavy atom. The third-order valence-electron chi connectivity index (χ3n) is 4.22. The minimum absolute atomic E-state index is 0.0743. The summed E-state index contributed by atoms with van der Waals surface area (Å²) in [6, 6.07) is 22.0. The molecule has 0 fully saturated rings. The topological polar surface area (TPSA) is 59.8 Å². The molecule has 0 aliphatic carbocycles. The Morgan fingerprint density at radius 2 is 1.81 bits per heavy atom. The van der Waals surface area contributed by atoms with Crippen molar-refractivity contribution in [2.75, 3.05) is 11.1 Å². The van der Waals surface area contributed by atoms with E-state index in [1.807, 2.05) is 78.2 Å². The molecule has 1 N–H and O–H groups in total. The lowest BCUT2D eigenvalue weighted by Gasteiger charge is -2.09. The maximum Gasteiger partial charge on any atom is 0.234 e. The zero-order chi connectivity index (χ0) is 18.6. The number of aryl methyl sites for hydroxylation is 1. The summed E-state index contributed by atoms with van der Waals surface area (Å²) in [7, 11) is 0. The molecule has 27 heavy (non-hydrogen) atoms. The van der Waals surface area contributed by atoms with E-state index in [-0.39, 0.29) is 11.7 Å². The highest BCUT2D eigenvalue weighted by Gasteiger charge is 2.11. The summed E-state index contributed by atoms with van der Waals surface area (Å²) in [5.74, 6) is 0.183. The minimum Gasteiger partial charge on any atom is -0.325 e. The van der Waals surface area contributed by atoms with Gasteiger partial charge in [-0.3, -0.25) is 9.36 Å². The highest BCUT2D eigenvalue weighted by molar-refractivity contribution is 7.99. The largest absolute Gasteiger partial charge is 0.325 e. The second-order valence-electron chi connectivity index (χ2n) is 6.18. The van der Waals surface area contributed by atoms with Crippen LogP contribution in [0.1, 0.15) is 5.56 Å². The molecule has 0 bridgehead atoms. The Morgan fingerprint density at radius 3 is 2.67 bits per heavy atom. The zero-order valence-corrected chi connectivity index (χ0v) is 15.6. The minimum atomic E-state index is -0.0743. The van der Waals surface area contributed by atoms with Gasteiger partial charge in [0.15, 0.2) is 5.16 Å². The molecule has 6 heteroatoms. The molecule has 0 unspecified atom stereocenters. The molecule has 4 rings (SSSR count). The van der Waals surface area contributed by atoms with Crippen LogP contribution < -0.4 is 5.32 Å². The van der Waals surface area contributed by atoms with Crippen LogP contribution in [0.4, 0.5) is 5.69 Å². The molecular formula is C21H18N4OS. The second-order valence-corrected chi connectivity index (χ2v) is 7.13. The van der Waals surface area contributed by atoms with Gasteiger partial charge in [-0.05, 0) is 30.5 Å². The highest BCUT2D eigenvalue weighted by atomic mass is 32.2. The molecule has 1 aromatic heterocycles. The molecule has 4 aromatic rings. The number of rotatable bonds is 5. The number of amides is 1. The van der Waals surface area contributed by atoms with Gasteiger partial charge in [0.2, 0.25) is 5.91 Å². The van der Waals surface area contributed by atoms with Crippen LogP contribution in [-0.4, -0.2) is 26.4 Å². The predicted molar refractivity (Wildman–Crippen MR) is 109 cm³/mol. The molecule has 5 nitrogen and oxygen atoms in total. The van der Waals surface area contributed by atoms with Crippen molar-refractivity contribution in [1.29, 1.82) is 0 Å². The number of nitrogens with one attached hydrogen (secondary N) is 1. The molecule has 0 atom stereocenters. The van der Waals surface area contributed by atoms with Crippen LogP contribution in [0.25, 0.3) is 16.5 Å². The van der Waals surface area contributed by atoms with Crippen molar-refractivity contribution in [2.45, 2.75) is 12.1 Å². The Balaban J connectivity index is 1.46. The average Bonchev–Trinajstić information content (AvgIpc) is 3.16. The normalized spacial score (nSPS) is 10.9.